The minimum atomic E-state index is 0.208. The van der Waals surface area contributed by atoms with E-state index in [1.165, 1.54) is 24.9 Å². The van der Waals surface area contributed by atoms with Gasteiger partial charge >= 0.3 is 0 Å². The maximum absolute atomic E-state index is 3.48. The van der Waals surface area contributed by atoms with E-state index < -0.39 is 0 Å². The lowest BCUT2D eigenvalue weighted by molar-refractivity contribution is 0.435. The molecule has 0 saturated heterocycles. The van der Waals surface area contributed by atoms with Crippen LogP contribution in [0.1, 0.15) is 38.3 Å². The van der Waals surface area contributed by atoms with Crippen molar-refractivity contribution < 1.29 is 0 Å². The van der Waals surface area contributed by atoms with Crippen molar-refractivity contribution in [1.29, 1.82) is 0 Å². The first-order valence-electron chi connectivity index (χ1n) is 6.65. The molecular formula is C15H24N2. The Morgan fingerprint density at radius 3 is 2.59 bits per heavy atom. The van der Waals surface area contributed by atoms with E-state index >= 15 is 0 Å². The Labute approximate surface area is 105 Å². The Hall–Kier alpha value is -1.02. The summed E-state index contributed by atoms with van der Waals surface area (Å²) in [7, 11) is 0. The van der Waals surface area contributed by atoms with Gasteiger partial charge in [-0.15, -0.1) is 0 Å². The molecule has 0 fully saturated rings. The van der Waals surface area contributed by atoms with Crippen LogP contribution in [0.3, 0.4) is 0 Å². The van der Waals surface area contributed by atoms with Gasteiger partial charge in [0.05, 0.1) is 0 Å². The van der Waals surface area contributed by atoms with Crippen LogP contribution in [-0.2, 0) is 12.8 Å². The maximum Gasteiger partial charge on any atom is 0.0343 e. The number of hydrogen-bond donors (Lipinski definition) is 2. The normalized spacial score (nSPS) is 14.8. The monoisotopic (exact) mass is 232 g/mol. The van der Waals surface area contributed by atoms with Gasteiger partial charge in [-0.3, -0.25) is 0 Å². The third-order valence-corrected chi connectivity index (χ3v) is 3.21. The second kappa shape index (κ2) is 5.09. The second-order valence-electron chi connectivity index (χ2n) is 5.94. The molecule has 94 valence electrons. The van der Waals surface area contributed by atoms with E-state index in [2.05, 4.69) is 49.6 Å². The van der Waals surface area contributed by atoms with Gasteiger partial charge in [0, 0.05) is 24.3 Å². The predicted octanol–water partition coefficient (Wildman–Crippen LogP) is 2.98. The van der Waals surface area contributed by atoms with Crippen LogP contribution < -0.4 is 10.6 Å². The molecule has 2 nitrogen and oxygen atoms in total. The van der Waals surface area contributed by atoms with Crippen molar-refractivity contribution in [2.45, 2.75) is 45.6 Å². The lowest BCUT2D eigenvalue weighted by atomic mass is 10.1. The van der Waals surface area contributed by atoms with E-state index in [9.17, 15) is 0 Å². The number of anilines is 1. The summed E-state index contributed by atoms with van der Waals surface area (Å²) in [6.07, 6.45) is 3.84. The zero-order valence-corrected chi connectivity index (χ0v) is 11.3. The highest BCUT2D eigenvalue weighted by Gasteiger charge is 2.10. The first-order valence-corrected chi connectivity index (χ1v) is 6.65. The van der Waals surface area contributed by atoms with Crippen molar-refractivity contribution in [2.24, 2.45) is 0 Å². The molecule has 1 aromatic carbocycles. The molecule has 0 heterocycles. The van der Waals surface area contributed by atoms with Crippen molar-refractivity contribution in [3.05, 3.63) is 29.3 Å². The summed E-state index contributed by atoms with van der Waals surface area (Å²) in [5.41, 5.74) is 4.56. The Balaban J connectivity index is 1.80. The van der Waals surface area contributed by atoms with Gasteiger partial charge in [0.15, 0.2) is 0 Å². The molecular weight excluding hydrogens is 208 g/mol. The minimum Gasteiger partial charge on any atom is -0.384 e. The molecule has 0 aliphatic heterocycles. The van der Waals surface area contributed by atoms with Gasteiger partial charge in [-0.2, -0.15) is 0 Å². The van der Waals surface area contributed by atoms with Crippen LogP contribution in [0, 0.1) is 0 Å². The van der Waals surface area contributed by atoms with Gasteiger partial charge in [0.2, 0.25) is 0 Å². The molecule has 0 aromatic heterocycles. The lowest BCUT2D eigenvalue weighted by Gasteiger charge is -2.20. The van der Waals surface area contributed by atoms with E-state index in [1.54, 1.807) is 11.1 Å². The predicted molar refractivity (Wildman–Crippen MR) is 74.7 cm³/mol. The van der Waals surface area contributed by atoms with Crippen molar-refractivity contribution in [1.82, 2.24) is 5.32 Å². The molecule has 0 unspecified atom stereocenters. The minimum absolute atomic E-state index is 0.208. The topological polar surface area (TPSA) is 24.1 Å². The van der Waals surface area contributed by atoms with Crippen LogP contribution in [0.5, 0.6) is 0 Å². The fraction of sp³-hybridized carbons (Fsp3) is 0.600. The average Bonchev–Trinajstić information content (AvgIpc) is 2.70. The zero-order chi connectivity index (χ0) is 12.3. The molecule has 1 aliphatic rings. The molecule has 2 N–H and O–H groups in total. The fourth-order valence-electron chi connectivity index (χ4n) is 2.33. The van der Waals surface area contributed by atoms with E-state index in [4.69, 9.17) is 0 Å². The summed E-state index contributed by atoms with van der Waals surface area (Å²) in [5.74, 6) is 0. The quantitative estimate of drug-likeness (QED) is 0.780. The molecule has 17 heavy (non-hydrogen) atoms. The molecule has 0 amide bonds. The van der Waals surface area contributed by atoms with Crippen LogP contribution in [-0.4, -0.2) is 18.6 Å². The smallest absolute Gasteiger partial charge is 0.0343 e. The van der Waals surface area contributed by atoms with Gasteiger partial charge < -0.3 is 10.6 Å². The molecule has 0 radical (unpaired) electrons. The highest BCUT2D eigenvalue weighted by Crippen LogP contribution is 2.24. The van der Waals surface area contributed by atoms with Crippen molar-refractivity contribution >= 4 is 5.69 Å². The first-order chi connectivity index (χ1) is 8.04. The van der Waals surface area contributed by atoms with Gasteiger partial charge in [-0.1, -0.05) is 6.07 Å². The lowest BCUT2D eigenvalue weighted by Crippen LogP contribution is -2.38. The van der Waals surface area contributed by atoms with Gasteiger partial charge in [0.25, 0.3) is 0 Å². The van der Waals surface area contributed by atoms with Crippen LogP contribution in [0.25, 0.3) is 0 Å². The molecule has 1 aromatic rings. The molecule has 2 rings (SSSR count). The summed E-state index contributed by atoms with van der Waals surface area (Å²) < 4.78 is 0. The van der Waals surface area contributed by atoms with Crippen LogP contribution in [0.2, 0.25) is 0 Å². The van der Waals surface area contributed by atoms with Gasteiger partial charge in [-0.25, -0.2) is 0 Å². The number of aryl methyl sites for hydroxylation is 2. The van der Waals surface area contributed by atoms with E-state index in [0.717, 1.165) is 13.1 Å². The van der Waals surface area contributed by atoms with Gasteiger partial charge in [-0.05, 0) is 63.3 Å². The second-order valence-corrected chi connectivity index (χ2v) is 5.94. The number of rotatable bonds is 4. The Morgan fingerprint density at radius 2 is 1.82 bits per heavy atom. The molecule has 0 bridgehead atoms. The summed E-state index contributed by atoms with van der Waals surface area (Å²) in [6.45, 7) is 8.57. The van der Waals surface area contributed by atoms with Crippen LogP contribution in [0.15, 0.2) is 18.2 Å². The first kappa shape index (κ1) is 12.4. The third-order valence-electron chi connectivity index (χ3n) is 3.21. The highest BCUT2D eigenvalue weighted by atomic mass is 15.0. The van der Waals surface area contributed by atoms with Gasteiger partial charge in [0.1, 0.15) is 0 Å². The van der Waals surface area contributed by atoms with E-state index in [0.29, 0.717) is 0 Å². The highest BCUT2D eigenvalue weighted by molar-refractivity contribution is 5.50. The summed E-state index contributed by atoms with van der Waals surface area (Å²) in [4.78, 5) is 0. The summed E-state index contributed by atoms with van der Waals surface area (Å²) >= 11 is 0. The van der Waals surface area contributed by atoms with E-state index in [-0.39, 0.29) is 5.54 Å². The molecule has 0 spiro atoms. The average molecular weight is 232 g/mol. The fourth-order valence-corrected chi connectivity index (χ4v) is 2.33. The SMILES string of the molecule is CC(C)(C)NCCNc1ccc2c(c1)CCC2. The van der Waals surface area contributed by atoms with Crippen molar-refractivity contribution in [3.8, 4) is 0 Å². The maximum atomic E-state index is 3.48. The van der Waals surface area contributed by atoms with Crippen molar-refractivity contribution in [2.75, 3.05) is 18.4 Å². The Bertz CT molecular complexity index is 377. The Kier molecular flexibility index (Phi) is 3.72. The zero-order valence-electron chi connectivity index (χ0n) is 11.3. The molecule has 0 atom stereocenters. The summed E-state index contributed by atoms with van der Waals surface area (Å²) in [5, 5.41) is 6.97. The molecule has 0 saturated carbocycles. The Morgan fingerprint density at radius 1 is 1.06 bits per heavy atom. The molecule has 1 aliphatic carbocycles. The molecule has 2 heteroatoms. The standard InChI is InChI=1S/C15H24N2/c1-15(2,3)17-10-9-16-14-8-7-12-5-4-6-13(12)11-14/h7-8,11,16-17H,4-6,9-10H2,1-3H3. The van der Waals surface area contributed by atoms with E-state index in [1.807, 2.05) is 0 Å². The number of benzene rings is 1. The van der Waals surface area contributed by atoms with Crippen molar-refractivity contribution in [3.63, 3.8) is 0 Å². The number of nitrogens with one attached hydrogen (secondary N) is 2. The van der Waals surface area contributed by atoms with Crippen LogP contribution in [0.4, 0.5) is 5.69 Å². The third kappa shape index (κ3) is 3.74. The number of hydrogen-bond acceptors (Lipinski definition) is 2. The van der Waals surface area contributed by atoms with Crippen LogP contribution >= 0.6 is 0 Å². The number of fused-ring (bicyclic) bond motifs is 1. The summed E-state index contributed by atoms with van der Waals surface area (Å²) in [6, 6.07) is 6.81. The largest absolute Gasteiger partial charge is 0.384 e.